The zero-order valence-electron chi connectivity index (χ0n) is 7.21. The third kappa shape index (κ3) is 1.27. The lowest BCUT2D eigenvalue weighted by Gasteiger charge is -2.03. The molecule has 0 N–H and O–H groups in total. The van der Waals surface area contributed by atoms with Crippen molar-refractivity contribution in [3.05, 3.63) is 34.9 Å². The normalized spacial score (nSPS) is 16.1. The Bertz CT molecular complexity index is 311. The Hall–Kier alpha value is -1.11. The molecule has 0 aromatic heterocycles. The van der Waals surface area contributed by atoms with Gasteiger partial charge in [-0.05, 0) is 42.9 Å². The van der Waals surface area contributed by atoms with Gasteiger partial charge in [0.2, 0.25) is 0 Å². The van der Waals surface area contributed by atoms with E-state index in [0.29, 0.717) is 0 Å². The van der Waals surface area contributed by atoms with Crippen LogP contribution in [0, 0.1) is 6.92 Å². The summed E-state index contributed by atoms with van der Waals surface area (Å²) in [6.45, 7) is 2.08. The van der Waals surface area contributed by atoms with Gasteiger partial charge in [0.05, 0.1) is 0 Å². The van der Waals surface area contributed by atoms with Crippen molar-refractivity contribution in [1.82, 2.24) is 0 Å². The standard InChI is InChI=1S/C11H12O/c1-8-6-9(7-12)2-5-11(8)10-3-4-10/h2,5-7,10H,3-4H2,1H3. The van der Waals surface area contributed by atoms with Gasteiger partial charge in [-0.25, -0.2) is 0 Å². The maximum absolute atomic E-state index is 10.5. The van der Waals surface area contributed by atoms with Gasteiger partial charge in [0, 0.05) is 5.56 Å². The summed E-state index contributed by atoms with van der Waals surface area (Å²) >= 11 is 0. The Balaban J connectivity index is 2.38. The second kappa shape index (κ2) is 2.74. The quantitative estimate of drug-likeness (QED) is 0.608. The third-order valence-corrected chi connectivity index (χ3v) is 2.45. The molecular formula is C11H12O. The number of benzene rings is 1. The van der Waals surface area contributed by atoms with Crippen molar-refractivity contribution < 1.29 is 4.79 Å². The number of aryl methyl sites for hydroxylation is 1. The van der Waals surface area contributed by atoms with Gasteiger partial charge in [0.25, 0.3) is 0 Å². The lowest BCUT2D eigenvalue weighted by molar-refractivity contribution is 0.112. The average Bonchev–Trinajstić information content (AvgIpc) is 2.87. The zero-order chi connectivity index (χ0) is 8.55. The molecule has 0 saturated heterocycles. The van der Waals surface area contributed by atoms with E-state index in [0.717, 1.165) is 17.8 Å². The molecule has 1 aliphatic rings. The van der Waals surface area contributed by atoms with Crippen LogP contribution < -0.4 is 0 Å². The summed E-state index contributed by atoms with van der Waals surface area (Å²) in [4.78, 5) is 10.5. The summed E-state index contributed by atoms with van der Waals surface area (Å²) in [6.07, 6.45) is 3.55. The van der Waals surface area contributed by atoms with Gasteiger partial charge in [0.15, 0.2) is 0 Å². The van der Waals surface area contributed by atoms with E-state index in [1.807, 2.05) is 12.1 Å². The molecule has 0 unspecified atom stereocenters. The van der Waals surface area contributed by atoms with E-state index in [1.165, 1.54) is 24.0 Å². The van der Waals surface area contributed by atoms with Crippen LogP contribution in [0.15, 0.2) is 18.2 Å². The fraction of sp³-hybridized carbons (Fsp3) is 0.364. The van der Waals surface area contributed by atoms with E-state index >= 15 is 0 Å². The maximum atomic E-state index is 10.5. The number of hydrogen-bond acceptors (Lipinski definition) is 1. The van der Waals surface area contributed by atoms with Gasteiger partial charge in [-0.1, -0.05) is 12.1 Å². The van der Waals surface area contributed by atoms with Crippen LogP contribution in [0.3, 0.4) is 0 Å². The lowest BCUT2D eigenvalue weighted by Crippen LogP contribution is -1.88. The minimum atomic E-state index is 0.783. The van der Waals surface area contributed by atoms with E-state index in [1.54, 1.807) is 0 Å². The summed E-state index contributed by atoms with van der Waals surface area (Å²) < 4.78 is 0. The summed E-state index contributed by atoms with van der Waals surface area (Å²) in [5.41, 5.74) is 3.49. The zero-order valence-corrected chi connectivity index (χ0v) is 7.21. The maximum Gasteiger partial charge on any atom is 0.150 e. The van der Waals surface area contributed by atoms with Crippen LogP contribution in [0.1, 0.15) is 40.2 Å². The first-order valence-corrected chi connectivity index (χ1v) is 4.37. The van der Waals surface area contributed by atoms with Crippen molar-refractivity contribution in [2.45, 2.75) is 25.7 Å². The first kappa shape index (κ1) is 7.53. The molecule has 0 radical (unpaired) electrons. The molecular weight excluding hydrogens is 148 g/mol. The number of rotatable bonds is 2. The summed E-state index contributed by atoms with van der Waals surface area (Å²) in [5, 5.41) is 0. The largest absolute Gasteiger partial charge is 0.298 e. The smallest absolute Gasteiger partial charge is 0.150 e. The van der Waals surface area contributed by atoms with E-state index in [9.17, 15) is 4.79 Å². The van der Waals surface area contributed by atoms with Crippen molar-refractivity contribution in [3.8, 4) is 0 Å². The predicted molar refractivity (Wildman–Crippen MR) is 48.5 cm³/mol. The van der Waals surface area contributed by atoms with Crippen LogP contribution in [0.2, 0.25) is 0 Å². The highest BCUT2D eigenvalue weighted by molar-refractivity contribution is 5.75. The van der Waals surface area contributed by atoms with Crippen LogP contribution in [0.4, 0.5) is 0 Å². The molecule has 1 nitrogen and oxygen atoms in total. The Morgan fingerprint density at radius 3 is 2.67 bits per heavy atom. The van der Waals surface area contributed by atoms with Crippen molar-refractivity contribution in [3.63, 3.8) is 0 Å². The van der Waals surface area contributed by atoms with Crippen molar-refractivity contribution in [2.24, 2.45) is 0 Å². The molecule has 1 aliphatic carbocycles. The van der Waals surface area contributed by atoms with Crippen LogP contribution >= 0.6 is 0 Å². The Kier molecular flexibility index (Phi) is 1.72. The van der Waals surface area contributed by atoms with E-state index < -0.39 is 0 Å². The SMILES string of the molecule is Cc1cc(C=O)ccc1C1CC1. The molecule has 0 aliphatic heterocycles. The average molecular weight is 160 g/mol. The van der Waals surface area contributed by atoms with E-state index in [2.05, 4.69) is 13.0 Å². The molecule has 62 valence electrons. The minimum Gasteiger partial charge on any atom is -0.298 e. The summed E-state index contributed by atoms with van der Waals surface area (Å²) in [7, 11) is 0. The van der Waals surface area contributed by atoms with Crippen molar-refractivity contribution >= 4 is 6.29 Å². The molecule has 12 heavy (non-hydrogen) atoms. The first-order chi connectivity index (χ1) is 5.81. The number of aldehydes is 1. The molecule has 0 bridgehead atoms. The van der Waals surface area contributed by atoms with Crippen LogP contribution in [0.5, 0.6) is 0 Å². The second-order valence-corrected chi connectivity index (χ2v) is 3.51. The van der Waals surface area contributed by atoms with Crippen molar-refractivity contribution in [2.75, 3.05) is 0 Å². The van der Waals surface area contributed by atoms with Crippen LogP contribution in [0.25, 0.3) is 0 Å². The van der Waals surface area contributed by atoms with E-state index in [4.69, 9.17) is 0 Å². The van der Waals surface area contributed by atoms with Gasteiger partial charge >= 0.3 is 0 Å². The molecule has 0 heterocycles. The monoisotopic (exact) mass is 160 g/mol. The molecule has 1 aromatic carbocycles. The fourth-order valence-corrected chi connectivity index (χ4v) is 1.62. The number of carbonyl (C=O) groups is 1. The van der Waals surface area contributed by atoms with E-state index in [-0.39, 0.29) is 0 Å². The lowest BCUT2D eigenvalue weighted by atomic mass is 10.0. The Morgan fingerprint density at radius 2 is 2.17 bits per heavy atom. The summed E-state index contributed by atoms with van der Waals surface area (Å²) in [6, 6.07) is 5.98. The fourth-order valence-electron chi connectivity index (χ4n) is 1.62. The molecule has 1 aromatic rings. The molecule has 1 saturated carbocycles. The van der Waals surface area contributed by atoms with Gasteiger partial charge in [-0.15, -0.1) is 0 Å². The number of carbonyl (C=O) groups excluding carboxylic acids is 1. The molecule has 0 spiro atoms. The molecule has 2 rings (SSSR count). The highest BCUT2D eigenvalue weighted by Crippen LogP contribution is 2.41. The van der Waals surface area contributed by atoms with Crippen LogP contribution in [-0.4, -0.2) is 6.29 Å². The van der Waals surface area contributed by atoms with Crippen molar-refractivity contribution in [1.29, 1.82) is 0 Å². The Morgan fingerprint density at radius 1 is 1.42 bits per heavy atom. The van der Waals surface area contributed by atoms with Gasteiger partial charge < -0.3 is 0 Å². The van der Waals surface area contributed by atoms with Crippen LogP contribution in [-0.2, 0) is 0 Å². The molecule has 1 fully saturated rings. The highest BCUT2D eigenvalue weighted by Gasteiger charge is 2.24. The third-order valence-electron chi connectivity index (χ3n) is 2.45. The highest BCUT2D eigenvalue weighted by atomic mass is 16.1. The molecule has 0 amide bonds. The molecule has 0 atom stereocenters. The van der Waals surface area contributed by atoms with Gasteiger partial charge in [0.1, 0.15) is 6.29 Å². The Labute approximate surface area is 72.4 Å². The topological polar surface area (TPSA) is 17.1 Å². The number of hydrogen-bond donors (Lipinski definition) is 0. The first-order valence-electron chi connectivity index (χ1n) is 4.37. The predicted octanol–water partition coefficient (Wildman–Crippen LogP) is 2.68. The molecule has 1 heteroatoms. The second-order valence-electron chi connectivity index (χ2n) is 3.51. The van der Waals surface area contributed by atoms with Gasteiger partial charge in [-0.2, -0.15) is 0 Å². The minimum absolute atomic E-state index is 0.783. The van der Waals surface area contributed by atoms with Gasteiger partial charge in [-0.3, -0.25) is 4.79 Å². The summed E-state index contributed by atoms with van der Waals surface area (Å²) in [5.74, 6) is 0.783.